The van der Waals surface area contributed by atoms with Gasteiger partial charge < -0.3 is 4.90 Å². The zero-order chi connectivity index (χ0) is 15.4. The van der Waals surface area contributed by atoms with Gasteiger partial charge in [0.25, 0.3) is 5.91 Å². The Morgan fingerprint density at radius 2 is 2.18 bits per heavy atom. The third-order valence-corrected chi connectivity index (χ3v) is 5.19. The van der Waals surface area contributed by atoms with E-state index in [0.29, 0.717) is 11.7 Å². The first kappa shape index (κ1) is 15.6. The zero-order valence-corrected chi connectivity index (χ0v) is 14.7. The average molecular weight is 381 g/mol. The van der Waals surface area contributed by atoms with E-state index in [1.807, 2.05) is 18.3 Å². The number of likely N-dealkylation sites (tertiary alicyclic amines) is 1. The van der Waals surface area contributed by atoms with Crippen molar-refractivity contribution in [2.45, 2.75) is 19.3 Å². The van der Waals surface area contributed by atoms with E-state index in [1.54, 1.807) is 11.3 Å². The smallest absolute Gasteiger partial charge is 0.281 e. The summed E-state index contributed by atoms with van der Waals surface area (Å²) < 4.78 is 1.08. The van der Waals surface area contributed by atoms with Crippen LogP contribution in [0.5, 0.6) is 0 Å². The molecular weight excluding hydrogens is 362 g/mol. The van der Waals surface area contributed by atoms with Crippen LogP contribution in [-0.4, -0.2) is 30.5 Å². The van der Waals surface area contributed by atoms with Gasteiger partial charge in [-0.2, -0.15) is 0 Å². The Labute approximate surface area is 142 Å². The van der Waals surface area contributed by atoms with Gasteiger partial charge in [0.05, 0.1) is 13.1 Å². The van der Waals surface area contributed by atoms with E-state index in [0.717, 1.165) is 28.9 Å². The van der Waals surface area contributed by atoms with E-state index >= 15 is 0 Å². The molecule has 2 N–H and O–H groups in total. The number of carbonyl (C=O) groups is 1. The summed E-state index contributed by atoms with van der Waals surface area (Å²) in [5.74, 6) is 0.0697. The molecule has 0 unspecified atom stereocenters. The summed E-state index contributed by atoms with van der Waals surface area (Å²) in [6, 6.07) is 8.25. The third-order valence-electron chi connectivity index (χ3n) is 3.79. The predicted molar refractivity (Wildman–Crippen MR) is 92.5 cm³/mol. The number of hydrogen-bond donors (Lipinski definition) is 2. The number of carbonyl (C=O) groups excluding carboxylic acids is 1. The number of hydrogen-bond acceptors (Lipinski definition) is 3. The number of nitrogens with one attached hydrogen (secondary N) is 2. The fourth-order valence-corrected chi connectivity index (χ4v) is 4.05. The van der Waals surface area contributed by atoms with Crippen LogP contribution >= 0.6 is 27.3 Å². The molecule has 2 aromatic rings. The molecule has 2 heterocycles. The highest BCUT2D eigenvalue weighted by Gasteiger charge is 2.19. The summed E-state index contributed by atoms with van der Waals surface area (Å²) >= 11 is 5.04. The molecule has 1 aromatic carbocycles. The highest BCUT2D eigenvalue weighted by atomic mass is 79.9. The molecule has 1 aromatic heterocycles. The maximum atomic E-state index is 12.0. The van der Waals surface area contributed by atoms with Gasteiger partial charge in [-0.25, -0.2) is 4.98 Å². The number of anilines is 1. The van der Waals surface area contributed by atoms with Crippen molar-refractivity contribution < 1.29 is 9.69 Å². The Hall–Kier alpha value is -1.24. The Bertz CT molecular complexity index is 652. The lowest BCUT2D eigenvalue weighted by molar-refractivity contribution is -0.878. The van der Waals surface area contributed by atoms with Crippen molar-refractivity contribution in [1.82, 2.24) is 4.98 Å². The van der Waals surface area contributed by atoms with E-state index < -0.39 is 0 Å². The SMILES string of the molecule is O=C(C[NH+]1CCCC1)Nc1ncc(Cc2cccc(Br)c2)s1. The molecule has 0 aliphatic carbocycles. The van der Waals surface area contributed by atoms with Crippen LogP contribution in [0, 0.1) is 0 Å². The second-order valence-corrected chi connectivity index (χ2v) is 7.65. The van der Waals surface area contributed by atoms with Gasteiger partial charge in [-0.05, 0) is 17.7 Å². The second kappa shape index (κ2) is 7.35. The van der Waals surface area contributed by atoms with Gasteiger partial charge in [0.15, 0.2) is 11.7 Å². The molecule has 116 valence electrons. The predicted octanol–water partition coefficient (Wildman–Crippen LogP) is 2.11. The summed E-state index contributed by atoms with van der Waals surface area (Å²) in [5.41, 5.74) is 1.23. The minimum absolute atomic E-state index is 0.0697. The summed E-state index contributed by atoms with van der Waals surface area (Å²) in [6.45, 7) is 2.78. The molecule has 0 atom stereocenters. The summed E-state index contributed by atoms with van der Waals surface area (Å²) in [7, 11) is 0. The molecule has 3 rings (SSSR count). The maximum Gasteiger partial charge on any atom is 0.281 e. The normalized spacial score (nSPS) is 15.1. The molecule has 0 spiro atoms. The maximum absolute atomic E-state index is 12.0. The van der Waals surface area contributed by atoms with E-state index in [2.05, 4.69) is 38.4 Å². The minimum atomic E-state index is 0.0697. The van der Waals surface area contributed by atoms with E-state index in [1.165, 1.54) is 23.3 Å². The van der Waals surface area contributed by atoms with Crippen LogP contribution in [0.2, 0.25) is 0 Å². The highest BCUT2D eigenvalue weighted by molar-refractivity contribution is 9.10. The number of halogens is 1. The number of nitrogens with zero attached hydrogens (tertiary/aromatic N) is 1. The van der Waals surface area contributed by atoms with Crippen LogP contribution in [0.4, 0.5) is 5.13 Å². The molecular formula is C16H19BrN3OS+. The van der Waals surface area contributed by atoms with Crippen LogP contribution in [0.25, 0.3) is 0 Å². The Kier molecular flexibility index (Phi) is 5.23. The number of thiazole rings is 1. The van der Waals surface area contributed by atoms with Crippen molar-refractivity contribution in [1.29, 1.82) is 0 Å². The Morgan fingerprint density at radius 1 is 1.36 bits per heavy atom. The molecule has 22 heavy (non-hydrogen) atoms. The summed E-state index contributed by atoms with van der Waals surface area (Å²) in [6.07, 6.45) is 5.15. The summed E-state index contributed by atoms with van der Waals surface area (Å²) in [5, 5.41) is 3.63. The van der Waals surface area contributed by atoms with E-state index in [4.69, 9.17) is 0 Å². The van der Waals surface area contributed by atoms with Gasteiger partial charge >= 0.3 is 0 Å². The number of benzene rings is 1. The Balaban J connectivity index is 1.55. The Morgan fingerprint density at radius 3 is 2.95 bits per heavy atom. The van der Waals surface area contributed by atoms with Gasteiger partial charge in [0.2, 0.25) is 0 Å². The molecule has 1 saturated heterocycles. The van der Waals surface area contributed by atoms with Crippen molar-refractivity contribution in [2.24, 2.45) is 0 Å². The van der Waals surface area contributed by atoms with E-state index in [9.17, 15) is 4.79 Å². The van der Waals surface area contributed by atoms with E-state index in [-0.39, 0.29) is 5.91 Å². The molecule has 1 aliphatic rings. The van der Waals surface area contributed by atoms with Crippen molar-refractivity contribution in [3.8, 4) is 0 Å². The number of rotatable bonds is 5. The molecule has 1 fully saturated rings. The monoisotopic (exact) mass is 380 g/mol. The van der Waals surface area contributed by atoms with Crippen LogP contribution < -0.4 is 10.2 Å². The zero-order valence-electron chi connectivity index (χ0n) is 12.3. The fraction of sp³-hybridized carbons (Fsp3) is 0.375. The van der Waals surface area contributed by atoms with Crippen molar-refractivity contribution in [3.63, 3.8) is 0 Å². The van der Waals surface area contributed by atoms with Crippen molar-refractivity contribution >= 4 is 38.3 Å². The quantitative estimate of drug-likeness (QED) is 0.834. The lowest BCUT2D eigenvalue weighted by Gasteiger charge is -2.10. The number of amides is 1. The largest absolute Gasteiger partial charge is 0.327 e. The molecule has 4 nitrogen and oxygen atoms in total. The standard InChI is InChI=1S/C16H18BrN3OS/c17-13-5-3-4-12(8-13)9-14-10-18-16(22-14)19-15(21)11-20-6-1-2-7-20/h3-5,8,10H,1-2,6-7,9,11H2,(H,18,19,21)/p+1. The first-order chi connectivity index (χ1) is 10.7. The van der Waals surface area contributed by atoms with Crippen LogP contribution in [0.1, 0.15) is 23.3 Å². The molecule has 0 bridgehead atoms. The second-order valence-electron chi connectivity index (χ2n) is 5.62. The topological polar surface area (TPSA) is 46.4 Å². The van der Waals surface area contributed by atoms with Crippen LogP contribution in [0.15, 0.2) is 34.9 Å². The first-order valence-corrected chi connectivity index (χ1v) is 9.12. The fourth-order valence-electron chi connectivity index (χ4n) is 2.74. The number of aromatic nitrogens is 1. The molecule has 0 saturated carbocycles. The molecule has 1 amide bonds. The molecule has 0 radical (unpaired) electrons. The van der Waals surface area contributed by atoms with Crippen LogP contribution in [0.3, 0.4) is 0 Å². The number of quaternary nitrogens is 1. The lowest BCUT2D eigenvalue weighted by atomic mass is 10.1. The minimum Gasteiger partial charge on any atom is -0.327 e. The highest BCUT2D eigenvalue weighted by Crippen LogP contribution is 2.22. The lowest BCUT2D eigenvalue weighted by Crippen LogP contribution is -3.11. The average Bonchev–Trinajstić information content (AvgIpc) is 3.11. The van der Waals surface area contributed by atoms with Crippen molar-refractivity contribution in [2.75, 3.05) is 25.0 Å². The first-order valence-electron chi connectivity index (χ1n) is 7.51. The van der Waals surface area contributed by atoms with Gasteiger partial charge in [-0.3, -0.25) is 10.1 Å². The van der Waals surface area contributed by atoms with Gasteiger partial charge in [0.1, 0.15) is 0 Å². The van der Waals surface area contributed by atoms with Gasteiger partial charge in [-0.1, -0.05) is 28.1 Å². The molecule has 1 aliphatic heterocycles. The van der Waals surface area contributed by atoms with Gasteiger partial charge in [0, 0.05) is 34.8 Å². The van der Waals surface area contributed by atoms with Crippen LogP contribution in [-0.2, 0) is 11.2 Å². The molecule has 6 heteroatoms. The summed E-state index contributed by atoms with van der Waals surface area (Å²) in [4.78, 5) is 18.9. The third kappa shape index (κ3) is 4.38. The van der Waals surface area contributed by atoms with Crippen molar-refractivity contribution in [3.05, 3.63) is 45.4 Å². The van der Waals surface area contributed by atoms with Gasteiger partial charge in [-0.15, -0.1) is 11.3 Å².